The molecule has 0 heterocycles. The van der Waals surface area contributed by atoms with Gasteiger partial charge in [0.2, 0.25) is 5.91 Å². The van der Waals surface area contributed by atoms with Crippen molar-refractivity contribution in [1.29, 1.82) is 0 Å². The number of benzene rings is 1. The molecule has 0 radical (unpaired) electrons. The number of carbonyl (C=O) groups excluding carboxylic acids is 4. The molecule has 3 N–H and O–H groups in total. The molecule has 0 fully saturated rings. The molecule has 174 valence electrons. The number of nitrogens with zero attached hydrogens (tertiary/aromatic N) is 1. The normalized spacial score (nSPS) is 12.5. The molecule has 0 aromatic heterocycles. The van der Waals surface area contributed by atoms with Crippen LogP contribution in [0, 0.1) is 12.5 Å². The predicted octanol–water partition coefficient (Wildman–Crippen LogP) is 0.965. The first-order valence-corrected chi connectivity index (χ1v) is 10.1. The molecule has 11 heteroatoms. The Morgan fingerprint density at radius 2 is 1.88 bits per heavy atom. The minimum absolute atomic E-state index is 0.0105. The van der Waals surface area contributed by atoms with E-state index in [1.165, 1.54) is 24.3 Å². The van der Waals surface area contributed by atoms with Gasteiger partial charge in [-0.2, -0.15) is 12.6 Å². The van der Waals surface area contributed by atoms with Gasteiger partial charge in [0.05, 0.1) is 7.11 Å². The van der Waals surface area contributed by atoms with E-state index in [0.717, 1.165) is 7.11 Å². The van der Waals surface area contributed by atoms with Gasteiger partial charge in [0.25, 0.3) is 5.91 Å². The van der Waals surface area contributed by atoms with E-state index in [2.05, 4.69) is 34.0 Å². The Hall–Kier alpha value is -3.39. The van der Waals surface area contributed by atoms with Gasteiger partial charge in [-0.3, -0.25) is 19.3 Å². The molecule has 1 rings (SSSR count). The number of esters is 1. The number of ether oxygens (including phenoxy) is 2. The molecule has 2 unspecified atom stereocenters. The third kappa shape index (κ3) is 7.70. The van der Waals surface area contributed by atoms with Crippen LogP contribution >= 0.6 is 12.6 Å². The lowest BCUT2D eigenvalue weighted by Gasteiger charge is -2.30. The van der Waals surface area contributed by atoms with E-state index in [-0.39, 0.29) is 17.1 Å². The van der Waals surface area contributed by atoms with Crippen LogP contribution in [-0.4, -0.2) is 64.9 Å². The number of phenols is 1. The van der Waals surface area contributed by atoms with Crippen molar-refractivity contribution in [2.75, 3.05) is 19.4 Å². The Balaban J connectivity index is 3.26. The van der Waals surface area contributed by atoms with Crippen molar-refractivity contribution in [3.8, 4) is 18.2 Å². The molecule has 2 atom stereocenters. The molecule has 1 aromatic carbocycles. The first-order valence-electron chi connectivity index (χ1n) is 9.47. The highest BCUT2D eigenvalue weighted by Crippen LogP contribution is 2.29. The van der Waals surface area contributed by atoms with Gasteiger partial charge in [0, 0.05) is 17.4 Å². The second-order valence-electron chi connectivity index (χ2n) is 7.47. The molecule has 0 aliphatic heterocycles. The second kappa shape index (κ2) is 11.9. The maximum absolute atomic E-state index is 13.1. The average Bonchev–Trinajstić information content (AvgIpc) is 2.72. The van der Waals surface area contributed by atoms with Crippen molar-refractivity contribution < 1.29 is 33.8 Å². The van der Waals surface area contributed by atoms with Gasteiger partial charge in [0.15, 0.2) is 6.04 Å². The monoisotopic (exact) mass is 465 g/mol. The number of terminal acetylenes is 1. The van der Waals surface area contributed by atoms with Crippen LogP contribution in [0.25, 0.3) is 0 Å². The van der Waals surface area contributed by atoms with Gasteiger partial charge in [-0.25, -0.2) is 4.79 Å². The zero-order valence-corrected chi connectivity index (χ0v) is 19.1. The lowest BCUT2D eigenvalue weighted by Crippen LogP contribution is -2.52. The van der Waals surface area contributed by atoms with Crippen LogP contribution in [0.1, 0.15) is 32.4 Å². The quantitative estimate of drug-likeness (QED) is 0.194. The van der Waals surface area contributed by atoms with E-state index in [1.54, 1.807) is 20.8 Å². The van der Waals surface area contributed by atoms with Crippen molar-refractivity contribution in [2.24, 2.45) is 0 Å². The number of amides is 3. The number of hydrogen-bond acceptors (Lipinski definition) is 8. The van der Waals surface area contributed by atoms with Crippen LogP contribution in [0.2, 0.25) is 0 Å². The van der Waals surface area contributed by atoms with Crippen LogP contribution in [0.4, 0.5) is 4.79 Å². The Morgan fingerprint density at radius 1 is 1.25 bits per heavy atom. The van der Waals surface area contributed by atoms with Crippen molar-refractivity contribution >= 4 is 36.5 Å². The van der Waals surface area contributed by atoms with Crippen molar-refractivity contribution in [3.63, 3.8) is 0 Å². The predicted molar refractivity (Wildman–Crippen MR) is 119 cm³/mol. The minimum Gasteiger partial charge on any atom is -0.508 e. The summed E-state index contributed by atoms with van der Waals surface area (Å²) in [6.45, 7) is 4.46. The minimum atomic E-state index is -1.51. The zero-order chi connectivity index (χ0) is 24.5. The fraction of sp³-hybridized carbons (Fsp3) is 0.429. The Bertz CT molecular complexity index is 892. The lowest BCUT2D eigenvalue weighted by atomic mass is 10.0. The van der Waals surface area contributed by atoms with Gasteiger partial charge in [0.1, 0.15) is 23.9 Å². The summed E-state index contributed by atoms with van der Waals surface area (Å²) in [6.07, 6.45) is 4.66. The number of carbonyl (C=O) groups is 4. The molecule has 1 aromatic rings. The van der Waals surface area contributed by atoms with Crippen molar-refractivity contribution in [2.45, 2.75) is 38.5 Å². The summed E-state index contributed by atoms with van der Waals surface area (Å²) >= 11 is 4.09. The molecule has 0 bridgehead atoms. The number of thiol groups is 1. The number of phenolic OH excluding ortho intramolecular Hbond substituents is 1. The molecule has 32 heavy (non-hydrogen) atoms. The van der Waals surface area contributed by atoms with E-state index >= 15 is 0 Å². The van der Waals surface area contributed by atoms with E-state index < -0.39 is 48.1 Å². The van der Waals surface area contributed by atoms with Crippen LogP contribution < -0.4 is 10.6 Å². The zero-order valence-electron chi connectivity index (χ0n) is 18.2. The maximum Gasteiger partial charge on any atom is 0.408 e. The number of alkyl carbamates (subject to hydrolysis) is 1. The van der Waals surface area contributed by atoms with Crippen LogP contribution in [0.15, 0.2) is 24.3 Å². The summed E-state index contributed by atoms with van der Waals surface area (Å²) in [6, 6.07) is 5.11. The van der Waals surface area contributed by atoms with E-state index in [0.29, 0.717) is 4.90 Å². The number of hydrogen-bond donors (Lipinski definition) is 4. The molecule has 0 saturated heterocycles. The summed E-state index contributed by atoms with van der Waals surface area (Å²) in [5.74, 6) is -2.89. The summed E-state index contributed by atoms with van der Waals surface area (Å²) < 4.78 is 9.63. The van der Waals surface area contributed by atoms with E-state index in [4.69, 9.17) is 11.2 Å². The third-order valence-corrected chi connectivity index (χ3v) is 4.29. The van der Waals surface area contributed by atoms with Gasteiger partial charge in [-0.15, -0.1) is 0 Å². The summed E-state index contributed by atoms with van der Waals surface area (Å²) in [4.78, 5) is 50.3. The molecule has 0 aliphatic rings. The standard InChI is InChI=1S/C21H27N3O7S/c1-6-24(19(28)14(12-32)23-20(29)31-21(2,3)4)17(13-9-7-8-10-15(13)25)18(27)22-11-16(26)30-5/h1,7-10,14,17,25,32H,11-12H2,2-5H3,(H,22,27)(H,23,29). The largest absolute Gasteiger partial charge is 0.508 e. The van der Waals surface area contributed by atoms with E-state index in [1.807, 2.05) is 0 Å². The number of nitrogens with one attached hydrogen (secondary N) is 2. The first-order chi connectivity index (χ1) is 14.9. The smallest absolute Gasteiger partial charge is 0.408 e. The van der Waals surface area contributed by atoms with E-state index in [9.17, 15) is 24.3 Å². The van der Waals surface area contributed by atoms with Crippen LogP contribution in [-0.2, 0) is 23.9 Å². The van der Waals surface area contributed by atoms with Gasteiger partial charge >= 0.3 is 12.1 Å². The Labute approximate surface area is 192 Å². The van der Waals surface area contributed by atoms with Crippen molar-refractivity contribution in [1.82, 2.24) is 15.5 Å². The fourth-order valence-electron chi connectivity index (χ4n) is 2.51. The van der Waals surface area contributed by atoms with Gasteiger partial charge < -0.3 is 25.2 Å². The van der Waals surface area contributed by atoms with Crippen molar-refractivity contribution in [3.05, 3.63) is 29.8 Å². The number of methoxy groups -OCH3 is 1. The highest BCUT2D eigenvalue weighted by molar-refractivity contribution is 7.80. The van der Waals surface area contributed by atoms with Gasteiger partial charge in [-0.1, -0.05) is 24.6 Å². The summed E-state index contributed by atoms with van der Waals surface area (Å²) in [7, 11) is 1.14. The lowest BCUT2D eigenvalue weighted by molar-refractivity contribution is -0.142. The number of aromatic hydroxyl groups is 1. The topological polar surface area (TPSA) is 134 Å². The summed E-state index contributed by atoms with van der Waals surface area (Å²) in [5.41, 5.74) is -0.803. The Morgan fingerprint density at radius 3 is 2.38 bits per heavy atom. The second-order valence-corrected chi connectivity index (χ2v) is 7.84. The first kappa shape index (κ1) is 26.6. The average molecular weight is 466 g/mol. The number of para-hydroxylation sites is 1. The molecular weight excluding hydrogens is 438 g/mol. The molecule has 3 amide bonds. The highest BCUT2D eigenvalue weighted by Gasteiger charge is 2.36. The fourth-order valence-corrected chi connectivity index (χ4v) is 2.76. The van der Waals surface area contributed by atoms with Gasteiger partial charge in [-0.05, 0) is 26.8 Å². The SMILES string of the molecule is C#CN(C(=O)C(CS)NC(=O)OC(C)(C)C)C(C(=O)NCC(=O)OC)c1ccccc1O. The molecule has 10 nitrogen and oxygen atoms in total. The number of rotatable bonds is 8. The molecule has 0 spiro atoms. The molecule has 0 saturated carbocycles. The summed E-state index contributed by atoms with van der Waals surface area (Å²) in [5, 5.41) is 14.9. The van der Waals surface area contributed by atoms with Crippen LogP contribution in [0.3, 0.4) is 0 Å². The molecule has 0 aliphatic carbocycles. The van der Waals surface area contributed by atoms with Crippen LogP contribution in [0.5, 0.6) is 5.75 Å². The third-order valence-electron chi connectivity index (χ3n) is 3.92. The highest BCUT2D eigenvalue weighted by atomic mass is 32.1. The molecular formula is C21H27N3O7S. The Kier molecular flexibility index (Phi) is 9.87. The maximum atomic E-state index is 13.1.